The monoisotopic (exact) mass is 363 g/mol. The molecule has 1 aliphatic rings. The fraction of sp³-hybridized carbons (Fsp3) is 0.500. The Morgan fingerprint density at radius 2 is 2.04 bits per heavy atom. The third-order valence-electron chi connectivity index (χ3n) is 4.98. The van der Waals surface area contributed by atoms with Gasteiger partial charge in [0.25, 0.3) is 0 Å². The summed E-state index contributed by atoms with van der Waals surface area (Å²) < 4.78 is 28.2. The van der Waals surface area contributed by atoms with E-state index in [9.17, 15) is 13.6 Å². The first-order chi connectivity index (χ1) is 12.3. The molecule has 2 aromatic rings. The molecule has 3 rings (SSSR count). The lowest BCUT2D eigenvalue weighted by atomic mass is 9.82. The zero-order valence-electron chi connectivity index (χ0n) is 14.9. The van der Waals surface area contributed by atoms with Crippen LogP contribution in [0.15, 0.2) is 24.5 Å². The largest absolute Gasteiger partial charge is 0.320 e. The number of halogens is 2. The second-order valence-corrected chi connectivity index (χ2v) is 6.94. The molecule has 0 aliphatic heterocycles. The summed E-state index contributed by atoms with van der Waals surface area (Å²) in [6.07, 6.45) is 3.52. The van der Waals surface area contributed by atoms with Gasteiger partial charge in [0.1, 0.15) is 5.82 Å². The molecule has 1 atom stereocenters. The summed E-state index contributed by atoms with van der Waals surface area (Å²) in [5.74, 6) is -2.87. The molecule has 1 amide bonds. The predicted molar refractivity (Wildman–Crippen MR) is 94.7 cm³/mol. The van der Waals surface area contributed by atoms with Gasteiger partial charge in [0, 0.05) is 31.6 Å². The summed E-state index contributed by atoms with van der Waals surface area (Å²) >= 11 is 0. The number of aromatic nitrogens is 3. The molecule has 2 heterocycles. The summed E-state index contributed by atoms with van der Waals surface area (Å²) in [6.45, 7) is 1.96. The lowest BCUT2D eigenvalue weighted by Crippen LogP contribution is -2.44. The first-order valence-electron chi connectivity index (χ1n) is 8.66. The standard InChI is InChI=1S/C18H23F2N5O/c1-11-9-23-25(2)16(11)13-3-4-14(22-10-13)24-17(26)15(21)12-5-7-18(19,20)8-6-12/h3-4,9-10,12,15H,5-8,21H2,1-2H3,(H,22,24,26)/t15-/m0/s1. The van der Waals surface area contributed by atoms with Crippen LogP contribution in [0.5, 0.6) is 0 Å². The van der Waals surface area contributed by atoms with Crippen LogP contribution in [0, 0.1) is 12.8 Å². The van der Waals surface area contributed by atoms with Crippen LogP contribution in [0.4, 0.5) is 14.6 Å². The molecule has 0 unspecified atom stereocenters. The minimum absolute atomic E-state index is 0.213. The third-order valence-corrected chi connectivity index (χ3v) is 4.98. The smallest absolute Gasteiger partial charge is 0.248 e. The molecule has 3 N–H and O–H groups in total. The molecule has 8 heteroatoms. The summed E-state index contributed by atoms with van der Waals surface area (Å²) in [6, 6.07) is 2.73. The highest BCUT2D eigenvalue weighted by molar-refractivity contribution is 5.94. The highest BCUT2D eigenvalue weighted by Gasteiger charge is 2.38. The Kier molecular flexibility index (Phi) is 5.04. The van der Waals surface area contributed by atoms with Gasteiger partial charge in [-0.3, -0.25) is 9.48 Å². The Morgan fingerprint density at radius 3 is 2.58 bits per heavy atom. The van der Waals surface area contributed by atoms with Crippen LogP contribution in [0.1, 0.15) is 31.2 Å². The number of nitrogens with zero attached hydrogens (tertiary/aromatic N) is 3. The summed E-state index contributed by atoms with van der Waals surface area (Å²) in [7, 11) is 1.85. The van der Waals surface area contributed by atoms with Crippen molar-refractivity contribution in [1.29, 1.82) is 0 Å². The van der Waals surface area contributed by atoms with E-state index in [1.165, 1.54) is 0 Å². The first kappa shape index (κ1) is 18.4. The number of anilines is 1. The van der Waals surface area contributed by atoms with Gasteiger partial charge in [-0.2, -0.15) is 5.10 Å². The molecule has 26 heavy (non-hydrogen) atoms. The molecule has 1 aliphatic carbocycles. The number of hydrogen-bond donors (Lipinski definition) is 2. The van der Waals surface area contributed by atoms with Crippen LogP contribution >= 0.6 is 0 Å². The first-order valence-corrected chi connectivity index (χ1v) is 8.66. The third kappa shape index (κ3) is 3.90. The number of amides is 1. The van der Waals surface area contributed by atoms with E-state index in [-0.39, 0.29) is 31.6 Å². The average Bonchev–Trinajstić information content (AvgIpc) is 2.94. The van der Waals surface area contributed by atoms with Gasteiger partial charge in [-0.05, 0) is 43.4 Å². The van der Waals surface area contributed by atoms with Crippen molar-refractivity contribution < 1.29 is 13.6 Å². The number of rotatable bonds is 4. The number of carbonyl (C=O) groups is 1. The average molecular weight is 363 g/mol. The van der Waals surface area contributed by atoms with Crippen LogP contribution in [0.3, 0.4) is 0 Å². The lowest BCUT2D eigenvalue weighted by molar-refractivity contribution is -0.120. The SMILES string of the molecule is Cc1cnn(C)c1-c1ccc(NC(=O)[C@@H](N)C2CCC(F)(F)CC2)nc1. The van der Waals surface area contributed by atoms with Gasteiger partial charge in [0.15, 0.2) is 0 Å². The van der Waals surface area contributed by atoms with E-state index < -0.39 is 17.9 Å². The van der Waals surface area contributed by atoms with Gasteiger partial charge in [0.05, 0.1) is 17.9 Å². The summed E-state index contributed by atoms with van der Waals surface area (Å²) in [4.78, 5) is 16.6. The number of nitrogens with one attached hydrogen (secondary N) is 1. The van der Waals surface area contributed by atoms with Crippen molar-refractivity contribution in [3.05, 3.63) is 30.1 Å². The van der Waals surface area contributed by atoms with E-state index in [0.717, 1.165) is 16.8 Å². The summed E-state index contributed by atoms with van der Waals surface area (Å²) in [5.41, 5.74) is 8.85. The zero-order valence-corrected chi connectivity index (χ0v) is 14.9. The molecule has 0 spiro atoms. The van der Waals surface area contributed by atoms with Gasteiger partial charge in [-0.15, -0.1) is 0 Å². The second kappa shape index (κ2) is 7.11. The molecular formula is C18H23F2N5O. The maximum atomic E-state index is 13.2. The highest BCUT2D eigenvalue weighted by Crippen LogP contribution is 2.37. The summed E-state index contributed by atoms with van der Waals surface area (Å²) in [5, 5.41) is 6.87. The number of nitrogens with two attached hydrogens (primary N) is 1. The van der Waals surface area contributed by atoms with E-state index >= 15 is 0 Å². The molecule has 140 valence electrons. The van der Waals surface area contributed by atoms with Crippen molar-refractivity contribution in [2.45, 2.75) is 44.6 Å². The fourth-order valence-electron chi connectivity index (χ4n) is 3.41. The Morgan fingerprint density at radius 1 is 1.35 bits per heavy atom. The Hall–Kier alpha value is -2.35. The van der Waals surface area contributed by atoms with Crippen LogP contribution in [0.25, 0.3) is 11.3 Å². The van der Waals surface area contributed by atoms with Crippen molar-refractivity contribution in [1.82, 2.24) is 14.8 Å². The molecular weight excluding hydrogens is 340 g/mol. The van der Waals surface area contributed by atoms with Gasteiger partial charge in [-0.25, -0.2) is 13.8 Å². The topological polar surface area (TPSA) is 85.8 Å². The van der Waals surface area contributed by atoms with Crippen LogP contribution in [-0.4, -0.2) is 32.6 Å². The number of carbonyl (C=O) groups excluding carboxylic acids is 1. The molecule has 0 bridgehead atoms. The fourth-order valence-corrected chi connectivity index (χ4v) is 3.41. The van der Waals surface area contributed by atoms with Crippen molar-refractivity contribution in [3.63, 3.8) is 0 Å². The second-order valence-electron chi connectivity index (χ2n) is 6.94. The maximum Gasteiger partial charge on any atom is 0.248 e. The van der Waals surface area contributed by atoms with E-state index in [1.807, 2.05) is 20.0 Å². The van der Waals surface area contributed by atoms with Crippen LogP contribution < -0.4 is 11.1 Å². The minimum atomic E-state index is -2.63. The highest BCUT2D eigenvalue weighted by atomic mass is 19.3. The van der Waals surface area contributed by atoms with Gasteiger partial charge >= 0.3 is 0 Å². The van der Waals surface area contributed by atoms with Crippen LogP contribution in [-0.2, 0) is 11.8 Å². The quantitative estimate of drug-likeness (QED) is 0.875. The van der Waals surface area contributed by atoms with Crippen molar-refractivity contribution in [2.24, 2.45) is 18.7 Å². The molecule has 0 aromatic carbocycles. The number of alkyl halides is 2. The van der Waals surface area contributed by atoms with Gasteiger partial charge in [0.2, 0.25) is 11.8 Å². The minimum Gasteiger partial charge on any atom is -0.320 e. The van der Waals surface area contributed by atoms with Gasteiger partial charge in [-0.1, -0.05) is 0 Å². The molecule has 1 fully saturated rings. The normalized spacial score (nSPS) is 18.5. The van der Waals surface area contributed by atoms with Crippen molar-refractivity contribution in [2.75, 3.05) is 5.32 Å². The Balaban J connectivity index is 1.63. The van der Waals surface area contributed by atoms with Crippen LogP contribution in [0.2, 0.25) is 0 Å². The van der Waals surface area contributed by atoms with E-state index in [4.69, 9.17) is 5.73 Å². The van der Waals surface area contributed by atoms with Crippen molar-refractivity contribution in [3.8, 4) is 11.3 Å². The van der Waals surface area contributed by atoms with E-state index in [0.29, 0.717) is 5.82 Å². The zero-order chi connectivity index (χ0) is 18.9. The molecule has 6 nitrogen and oxygen atoms in total. The number of hydrogen-bond acceptors (Lipinski definition) is 4. The Labute approximate surface area is 150 Å². The number of pyridine rings is 1. The maximum absolute atomic E-state index is 13.2. The van der Waals surface area contributed by atoms with Gasteiger partial charge < -0.3 is 11.1 Å². The predicted octanol–water partition coefficient (Wildman–Crippen LogP) is 2.88. The molecule has 0 radical (unpaired) electrons. The van der Waals surface area contributed by atoms with E-state index in [1.54, 1.807) is 23.1 Å². The molecule has 0 saturated heterocycles. The van der Waals surface area contributed by atoms with E-state index in [2.05, 4.69) is 15.4 Å². The molecule has 1 saturated carbocycles. The lowest BCUT2D eigenvalue weighted by Gasteiger charge is -2.31. The van der Waals surface area contributed by atoms with Crippen molar-refractivity contribution >= 4 is 11.7 Å². The molecule has 2 aromatic heterocycles. The Bertz CT molecular complexity index is 758. The number of aryl methyl sites for hydroxylation is 2.